The van der Waals surface area contributed by atoms with Crippen molar-refractivity contribution < 1.29 is 4.74 Å². The first kappa shape index (κ1) is 12.3. The average Bonchev–Trinajstić information content (AvgIpc) is 2.88. The Morgan fingerprint density at radius 3 is 2.76 bits per heavy atom. The van der Waals surface area contributed by atoms with E-state index in [2.05, 4.69) is 22.4 Å². The van der Waals surface area contributed by atoms with Gasteiger partial charge in [-0.25, -0.2) is 0 Å². The molecular weight excluding hydrogens is 214 g/mol. The Hall–Kier alpha value is -1.16. The summed E-state index contributed by atoms with van der Waals surface area (Å²) in [4.78, 5) is 0. The Labute approximate surface area is 103 Å². The number of rotatable bonds is 6. The summed E-state index contributed by atoms with van der Waals surface area (Å²) in [5.74, 6) is 1.37. The molecule has 17 heavy (non-hydrogen) atoms. The Morgan fingerprint density at radius 1 is 1.29 bits per heavy atom. The number of nitrogens with zero attached hydrogens (tertiary/aromatic N) is 2. The molecule has 1 aromatic rings. The number of hydrogen-bond acceptors (Lipinski definition) is 4. The Balaban J connectivity index is 1.76. The lowest BCUT2D eigenvalue weighted by Gasteiger charge is -2.10. The fourth-order valence-corrected chi connectivity index (χ4v) is 2.15. The van der Waals surface area contributed by atoms with Gasteiger partial charge in [-0.1, -0.05) is 19.8 Å². The predicted molar refractivity (Wildman–Crippen MR) is 66.9 cm³/mol. The van der Waals surface area contributed by atoms with E-state index in [1.54, 1.807) is 0 Å². The van der Waals surface area contributed by atoms with Gasteiger partial charge in [0, 0.05) is 12.6 Å². The van der Waals surface area contributed by atoms with Gasteiger partial charge in [0.25, 0.3) is 0 Å². The molecule has 1 fully saturated rings. The molecule has 0 unspecified atom stereocenters. The maximum atomic E-state index is 5.66. The molecule has 0 atom stereocenters. The van der Waals surface area contributed by atoms with E-state index in [1.165, 1.54) is 25.7 Å². The minimum Gasteiger partial charge on any atom is -0.476 e. The number of ether oxygens (including phenoxy) is 1. The van der Waals surface area contributed by atoms with Gasteiger partial charge in [0.2, 0.25) is 5.88 Å². The van der Waals surface area contributed by atoms with Crippen LogP contribution < -0.4 is 10.1 Å². The summed E-state index contributed by atoms with van der Waals surface area (Å²) in [6.45, 7) is 4.59. The molecule has 0 amide bonds. The molecule has 0 aliphatic heterocycles. The van der Waals surface area contributed by atoms with Crippen molar-refractivity contribution in [1.29, 1.82) is 0 Å². The summed E-state index contributed by atoms with van der Waals surface area (Å²) >= 11 is 0. The van der Waals surface area contributed by atoms with Crippen LogP contribution in [0.3, 0.4) is 0 Å². The molecule has 1 saturated carbocycles. The SMILES string of the molecule is CCNCc1ccc(OCC2CCCC2)nn1. The molecule has 1 heterocycles. The van der Waals surface area contributed by atoms with Crippen LogP contribution >= 0.6 is 0 Å². The van der Waals surface area contributed by atoms with Crippen LogP contribution in [-0.4, -0.2) is 23.3 Å². The van der Waals surface area contributed by atoms with Crippen molar-refractivity contribution in [2.45, 2.75) is 39.2 Å². The van der Waals surface area contributed by atoms with E-state index in [1.807, 2.05) is 12.1 Å². The zero-order valence-electron chi connectivity index (χ0n) is 10.5. The lowest BCUT2D eigenvalue weighted by Crippen LogP contribution is -2.14. The van der Waals surface area contributed by atoms with E-state index in [-0.39, 0.29) is 0 Å². The first-order chi connectivity index (χ1) is 8.38. The second-order valence-electron chi connectivity index (χ2n) is 4.60. The lowest BCUT2D eigenvalue weighted by atomic mass is 10.1. The van der Waals surface area contributed by atoms with Gasteiger partial charge in [-0.15, -0.1) is 5.10 Å². The van der Waals surface area contributed by atoms with Crippen LogP contribution in [0.2, 0.25) is 0 Å². The molecule has 1 N–H and O–H groups in total. The Bertz CT molecular complexity index is 320. The molecule has 4 heteroatoms. The average molecular weight is 235 g/mol. The third-order valence-corrected chi connectivity index (χ3v) is 3.19. The van der Waals surface area contributed by atoms with Crippen molar-refractivity contribution in [3.05, 3.63) is 17.8 Å². The molecule has 0 bridgehead atoms. The van der Waals surface area contributed by atoms with Gasteiger partial charge in [-0.2, -0.15) is 5.10 Å². The highest BCUT2D eigenvalue weighted by atomic mass is 16.5. The minimum atomic E-state index is 0.650. The second kappa shape index (κ2) is 6.55. The van der Waals surface area contributed by atoms with Gasteiger partial charge >= 0.3 is 0 Å². The van der Waals surface area contributed by atoms with Gasteiger partial charge in [-0.05, 0) is 31.4 Å². The summed E-state index contributed by atoms with van der Waals surface area (Å²) in [6.07, 6.45) is 5.29. The fraction of sp³-hybridized carbons (Fsp3) is 0.692. The summed E-state index contributed by atoms with van der Waals surface area (Å²) in [7, 11) is 0. The van der Waals surface area contributed by atoms with Crippen molar-refractivity contribution in [2.75, 3.05) is 13.2 Å². The Morgan fingerprint density at radius 2 is 2.12 bits per heavy atom. The molecule has 2 rings (SSSR count). The van der Waals surface area contributed by atoms with E-state index >= 15 is 0 Å². The van der Waals surface area contributed by atoms with Crippen molar-refractivity contribution in [3.8, 4) is 5.88 Å². The fourth-order valence-electron chi connectivity index (χ4n) is 2.15. The van der Waals surface area contributed by atoms with Crippen LogP contribution in [0.25, 0.3) is 0 Å². The summed E-state index contributed by atoms with van der Waals surface area (Å²) < 4.78 is 5.66. The molecular formula is C13H21N3O. The van der Waals surface area contributed by atoms with Crippen LogP contribution in [0.4, 0.5) is 0 Å². The maximum absolute atomic E-state index is 5.66. The Kier molecular flexibility index (Phi) is 4.74. The van der Waals surface area contributed by atoms with E-state index in [0.29, 0.717) is 5.88 Å². The molecule has 1 aliphatic carbocycles. The molecule has 0 aromatic carbocycles. The lowest BCUT2D eigenvalue weighted by molar-refractivity contribution is 0.241. The smallest absolute Gasteiger partial charge is 0.233 e. The van der Waals surface area contributed by atoms with Crippen molar-refractivity contribution >= 4 is 0 Å². The van der Waals surface area contributed by atoms with E-state index in [9.17, 15) is 0 Å². The normalized spacial score (nSPS) is 16.3. The zero-order valence-corrected chi connectivity index (χ0v) is 10.5. The predicted octanol–water partition coefficient (Wildman–Crippen LogP) is 2.16. The monoisotopic (exact) mass is 235 g/mol. The van der Waals surface area contributed by atoms with Gasteiger partial charge in [0.15, 0.2) is 0 Å². The van der Waals surface area contributed by atoms with E-state index < -0.39 is 0 Å². The molecule has 0 radical (unpaired) electrons. The molecule has 94 valence electrons. The zero-order chi connectivity index (χ0) is 11.9. The minimum absolute atomic E-state index is 0.650. The summed E-state index contributed by atoms with van der Waals surface area (Å²) in [6, 6.07) is 3.88. The first-order valence-corrected chi connectivity index (χ1v) is 6.54. The van der Waals surface area contributed by atoms with Crippen LogP contribution in [0.1, 0.15) is 38.3 Å². The largest absolute Gasteiger partial charge is 0.476 e. The maximum Gasteiger partial charge on any atom is 0.233 e. The molecule has 0 saturated heterocycles. The van der Waals surface area contributed by atoms with Gasteiger partial charge in [0.1, 0.15) is 0 Å². The quantitative estimate of drug-likeness (QED) is 0.820. The van der Waals surface area contributed by atoms with E-state index in [0.717, 1.165) is 31.3 Å². The van der Waals surface area contributed by atoms with Crippen LogP contribution in [0.15, 0.2) is 12.1 Å². The highest BCUT2D eigenvalue weighted by molar-refractivity contribution is 5.11. The number of hydrogen-bond donors (Lipinski definition) is 1. The summed E-state index contributed by atoms with van der Waals surface area (Å²) in [5.41, 5.74) is 0.958. The highest BCUT2D eigenvalue weighted by Crippen LogP contribution is 2.25. The van der Waals surface area contributed by atoms with E-state index in [4.69, 9.17) is 4.74 Å². The molecule has 0 spiro atoms. The number of aromatic nitrogens is 2. The summed E-state index contributed by atoms with van der Waals surface area (Å²) in [5, 5.41) is 11.4. The van der Waals surface area contributed by atoms with Crippen molar-refractivity contribution in [3.63, 3.8) is 0 Å². The van der Waals surface area contributed by atoms with Crippen LogP contribution in [-0.2, 0) is 6.54 Å². The van der Waals surface area contributed by atoms with Crippen molar-refractivity contribution in [2.24, 2.45) is 5.92 Å². The highest BCUT2D eigenvalue weighted by Gasteiger charge is 2.15. The van der Waals surface area contributed by atoms with Crippen LogP contribution in [0.5, 0.6) is 5.88 Å². The molecule has 1 aliphatic rings. The number of nitrogens with one attached hydrogen (secondary N) is 1. The molecule has 4 nitrogen and oxygen atoms in total. The molecule has 1 aromatic heterocycles. The third-order valence-electron chi connectivity index (χ3n) is 3.19. The second-order valence-corrected chi connectivity index (χ2v) is 4.60. The third kappa shape index (κ3) is 3.97. The van der Waals surface area contributed by atoms with Gasteiger partial charge in [-0.3, -0.25) is 0 Å². The topological polar surface area (TPSA) is 47.0 Å². The first-order valence-electron chi connectivity index (χ1n) is 6.54. The standard InChI is InChI=1S/C13H21N3O/c1-2-14-9-12-7-8-13(16-15-12)17-10-11-5-3-4-6-11/h7-8,11,14H,2-6,9-10H2,1H3. The van der Waals surface area contributed by atoms with Gasteiger partial charge < -0.3 is 10.1 Å². The van der Waals surface area contributed by atoms with Crippen molar-refractivity contribution in [1.82, 2.24) is 15.5 Å². The van der Waals surface area contributed by atoms with Gasteiger partial charge in [0.05, 0.1) is 12.3 Å². The van der Waals surface area contributed by atoms with Crippen LogP contribution in [0, 0.1) is 5.92 Å².